The maximum atomic E-state index is 12.9. The first-order valence-corrected chi connectivity index (χ1v) is 9.22. The summed E-state index contributed by atoms with van der Waals surface area (Å²) in [5.74, 6) is 0.567. The Hall–Kier alpha value is -2.12. The molecule has 0 saturated heterocycles. The molecule has 0 N–H and O–H groups in total. The van der Waals surface area contributed by atoms with Gasteiger partial charge in [0.2, 0.25) is 0 Å². The van der Waals surface area contributed by atoms with Crippen LogP contribution < -0.4 is 4.31 Å². The molecule has 120 valence electrons. The Balaban J connectivity index is 2.01. The van der Waals surface area contributed by atoms with Gasteiger partial charge in [0.1, 0.15) is 4.90 Å². The van der Waals surface area contributed by atoms with Gasteiger partial charge >= 0.3 is 0 Å². The van der Waals surface area contributed by atoms with Crippen molar-refractivity contribution in [3.8, 4) is 10.6 Å². The summed E-state index contributed by atoms with van der Waals surface area (Å²) in [6.07, 6.45) is 1.54. The standard InChI is InChI=1S/C16H16N2O3S2/c1-11-4-6-13(7-5-11)18(3)23(19,20)16-10-15(22-12(16)2)14-8-9-17-21-14/h4-10H,1-3H3. The number of benzene rings is 1. The fourth-order valence-electron chi connectivity index (χ4n) is 2.23. The van der Waals surface area contributed by atoms with Crippen molar-refractivity contribution < 1.29 is 12.9 Å². The Labute approximate surface area is 139 Å². The molecule has 1 aromatic carbocycles. The van der Waals surface area contributed by atoms with Gasteiger partial charge in [0.05, 0.1) is 16.8 Å². The molecule has 0 aliphatic rings. The van der Waals surface area contributed by atoms with E-state index in [1.807, 2.05) is 19.1 Å². The third kappa shape index (κ3) is 2.89. The number of thiophene rings is 1. The molecule has 0 atom stereocenters. The highest BCUT2D eigenvalue weighted by Gasteiger charge is 2.26. The number of hydrogen-bond donors (Lipinski definition) is 0. The van der Waals surface area contributed by atoms with Crippen LogP contribution in [0.2, 0.25) is 0 Å². The van der Waals surface area contributed by atoms with Crippen LogP contribution >= 0.6 is 11.3 Å². The smallest absolute Gasteiger partial charge is 0.265 e. The minimum absolute atomic E-state index is 0.289. The molecule has 3 aromatic rings. The summed E-state index contributed by atoms with van der Waals surface area (Å²) in [6.45, 7) is 3.76. The van der Waals surface area contributed by atoms with E-state index in [2.05, 4.69) is 5.16 Å². The van der Waals surface area contributed by atoms with Gasteiger partial charge in [-0.1, -0.05) is 22.9 Å². The highest BCUT2D eigenvalue weighted by Crippen LogP contribution is 2.35. The lowest BCUT2D eigenvalue weighted by Gasteiger charge is -2.19. The summed E-state index contributed by atoms with van der Waals surface area (Å²) in [5.41, 5.74) is 1.71. The maximum Gasteiger partial charge on any atom is 0.265 e. The average molecular weight is 348 g/mol. The Morgan fingerprint density at radius 2 is 1.83 bits per heavy atom. The molecule has 0 aliphatic heterocycles. The van der Waals surface area contributed by atoms with E-state index >= 15 is 0 Å². The number of aryl methyl sites for hydroxylation is 2. The molecule has 0 amide bonds. The largest absolute Gasteiger partial charge is 0.355 e. The number of aromatic nitrogens is 1. The first-order valence-electron chi connectivity index (χ1n) is 6.96. The van der Waals surface area contributed by atoms with E-state index in [0.717, 1.165) is 15.3 Å². The Bertz CT molecular complexity index is 911. The summed E-state index contributed by atoms with van der Waals surface area (Å²) >= 11 is 1.37. The maximum absolute atomic E-state index is 12.9. The number of hydrogen-bond acceptors (Lipinski definition) is 5. The molecule has 7 heteroatoms. The Morgan fingerprint density at radius 3 is 2.43 bits per heavy atom. The van der Waals surface area contributed by atoms with Crippen LogP contribution in [0.3, 0.4) is 0 Å². The summed E-state index contributed by atoms with van der Waals surface area (Å²) in [7, 11) is -2.06. The van der Waals surface area contributed by atoms with Crippen molar-refractivity contribution in [3.63, 3.8) is 0 Å². The molecule has 0 spiro atoms. The topological polar surface area (TPSA) is 63.4 Å². The van der Waals surface area contributed by atoms with Crippen LogP contribution in [0.15, 0.2) is 52.0 Å². The number of anilines is 1. The van der Waals surface area contributed by atoms with E-state index in [-0.39, 0.29) is 4.90 Å². The zero-order valence-electron chi connectivity index (χ0n) is 13.0. The van der Waals surface area contributed by atoms with Crippen molar-refractivity contribution in [2.45, 2.75) is 18.7 Å². The van der Waals surface area contributed by atoms with Crippen LogP contribution in [0, 0.1) is 13.8 Å². The van der Waals surface area contributed by atoms with Crippen molar-refractivity contribution >= 4 is 27.0 Å². The molecular formula is C16H16N2O3S2. The van der Waals surface area contributed by atoms with Crippen molar-refractivity contribution in [2.75, 3.05) is 11.4 Å². The van der Waals surface area contributed by atoms with Crippen LogP contribution in [0.1, 0.15) is 10.4 Å². The van der Waals surface area contributed by atoms with Crippen LogP contribution in [0.5, 0.6) is 0 Å². The summed E-state index contributed by atoms with van der Waals surface area (Å²) < 4.78 is 32.2. The van der Waals surface area contributed by atoms with E-state index in [1.54, 1.807) is 38.2 Å². The first kappa shape index (κ1) is 15.8. The van der Waals surface area contributed by atoms with Gasteiger partial charge in [-0.15, -0.1) is 11.3 Å². The Morgan fingerprint density at radius 1 is 1.13 bits per heavy atom. The SMILES string of the molecule is Cc1ccc(N(C)S(=O)(=O)c2cc(-c3ccno3)sc2C)cc1. The lowest BCUT2D eigenvalue weighted by atomic mass is 10.2. The molecule has 2 aromatic heterocycles. The van der Waals surface area contributed by atoms with Gasteiger partial charge in [-0.25, -0.2) is 8.42 Å². The number of sulfonamides is 1. The molecule has 2 heterocycles. The quantitative estimate of drug-likeness (QED) is 0.718. The second kappa shape index (κ2) is 5.82. The third-order valence-corrected chi connectivity index (χ3v) is 6.69. The normalized spacial score (nSPS) is 11.6. The van der Waals surface area contributed by atoms with Gasteiger partial charge in [0, 0.05) is 18.0 Å². The molecule has 0 radical (unpaired) electrons. The fraction of sp³-hybridized carbons (Fsp3) is 0.188. The third-order valence-electron chi connectivity index (χ3n) is 3.59. The summed E-state index contributed by atoms with van der Waals surface area (Å²) in [6, 6.07) is 10.7. The van der Waals surface area contributed by atoms with Gasteiger partial charge in [-0.2, -0.15) is 0 Å². The second-order valence-electron chi connectivity index (χ2n) is 5.22. The zero-order valence-corrected chi connectivity index (χ0v) is 14.6. The lowest BCUT2D eigenvalue weighted by Crippen LogP contribution is -2.26. The first-order chi connectivity index (χ1) is 10.9. The van der Waals surface area contributed by atoms with Crippen LogP contribution in [-0.4, -0.2) is 20.6 Å². The highest BCUT2D eigenvalue weighted by molar-refractivity contribution is 7.93. The van der Waals surface area contributed by atoms with Crippen molar-refractivity contribution in [1.29, 1.82) is 0 Å². The molecule has 0 fully saturated rings. The van der Waals surface area contributed by atoms with Crippen LogP contribution in [0.25, 0.3) is 10.6 Å². The molecule has 5 nitrogen and oxygen atoms in total. The van der Waals surface area contributed by atoms with Gasteiger partial charge in [-0.3, -0.25) is 4.31 Å². The summed E-state index contributed by atoms with van der Waals surface area (Å²) in [4.78, 5) is 1.75. The average Bonchev–Trinajstić information content (AvgIpc) is 3.16. The molecule has 0 unspecified atom stereocenters. The zero-order chi connectivity index (χ0) is 16.6. The number of rotatable bonds is 4. The van der Waals surface area contributed by atoms with E-state index in [4.69, 9.17) is 4.52 Å². The summed E-state index contributed by atoms with van der Waals surface area (Å²) in [5, 5.41) is 3.66. The molecular weight excluding hydrogens is 332 g/mol. The van der Waals surface area contributed by atoms with Gasteiger partial charge < -0.3 is 4.52 Å². The van der Waals surface area contributed by atoms with E-state index in [9.17, 15) is 8.42 Å². The monoisotopic (exact) mass is 348 g/mol. The second-order valence-corrected chi connectivity index (χ2v) is 8.41. The minimum Gasteiger partial charge on any atom is -0.355 e. The fourth-order valence-corrected chi connectivity index (χ4v) is 4.94. The van der Waals surface area contributed by atoms with E-state index < -0.39 is 10.0 Å². The van der Waals surface area contributed by atoms with Gasteiger partial charge in [0.25, 0.3) is 10.0 Å². The molecule has 23 heavy (non-hydrogen) atoms. The molecule has 0 bridgehead atoms. The molecule has 0 aliphatic carbocycles. The number of nitrogens with zero attached hydrogens (tertiary/aromatic N) is 2. The van der Waals surface area contributed by atoms with Crippen molar-refractivity contribution in [3.05, 3.63) is 53.0 Å². The van der Waals surface area contributed by atoms with E-state index in [1.165, 1.54) is 21.8 Å². The Kier molecular flexibility index (Phi) is 3.99. The predicted octanol–water partition coefficient (Wildman–Crippen LogP) is 3.85. The minimum atomic E-state index is -3.62. The predicted molar refractivity (Wildman–Crippen MR) is 91.3 cm³/mol. The lowest BCUT2D eigenvalue weighted by molar-refractivity contribution is 0.433. The molecule has 0 saturated carbocycles. The van der Waals surface area contributed by atoms with Gasteiger partial charge in [-0.05, 0) is 32.0 Å². The van der Waals surface area contributed by atoms with Crippen LogP contribution in [0.4, 0.5) is 5.69 Å². The van der Waals surface area contributed by atoms with E-state index in [0.29, 0.717) is 11.4 Å². The van der Waals surface area contributed by atoms with Crippen LogP contribution in [-0.2, 0) is 10.0 Å². The van der Waals surface area contributed by atoms with Crippen molar-refractivity contribution in [2.24, 2.45) is 0 Å². The molecule has 3 rings (SSSR count). The van der Waals surface area contributed by atoms with Crippen molar-refractivity contribution in [1.82, 2.24) is 5.16 Å². The highest BCUT2D eigenvalue weighted by atomic mass is 32.2. The van der Waals surface area contributed by atoms with Gasteiger partial charge in [0.15, 0.2) is 5.76 Å².